The lowest BCUT2D eigenvalue weighted by atomic mass is 10.1. The van der Waals surface area contributed by atoms with E-state index >= 15 is 0 Å². The van der Waals surface area contributed by atoms with Gasteiger partial charge in [0.15, 0.2) is 5.82 Å². The first-order valence-corrected chi connectivity index (χ1v) is 10.7. The molecule has 2 heterocycles. The molecule has 0 aliphatic heterocycles. The zero-order valence-corrected chi connectivity index (χ0v) is 18.4. The highest BCUT2D eigenvalue weighted by Crippen LogP contribution is 2.23. The first-order chi connectivity index (χ1) is 16.0. The lowest BCUT2D eigenvalue weighted by molar-refractivity contribution is 0.0953. The summed E-state index contributed by atoms with van der Waals surface area (Å²) in [5.41, 5.74) is 11.0. The van der Waals surface area contributed by atoms with E-state index in [2.05, 4.69) is 21.6 Å². The highest BCUT2D eigenvalue weighted by Gasteiger charge is 2.18. The third-order valence-corrected chi connectivity index (χ3v) is 5.39. The minimum absolute atomic E-state index is 0.186. The van der Waals surface area contributed by atoms with E-state index in [0.29, 0.717) is 48.4 Å². The number of aromatic nitrogens is 4. The molecule has 0 radical (unpaired) electrons. The number of aromatic amines is 1. The Balaban J connectivity index is 1.49. The van der Waals surface area contributed by atoms with Crippen LogP contribution < -0.4 is 11.1 Å². The third-order valence-electron chi connectivity index (χ3n) is 5.39. The van der Waals surface area contributed by atoms with Gasteiger partial charge in [0.05, 0.1) is 17.8 Å². The standard InChI is InChI=1S/C25H25N7O/c1-17-9-11-19(12-10-17)23-21(16-32(31-23)15-18-6-3-2-4-7-18)25(33)28-13-5-8-22-20(14-26)24(27)30-29-22/h2-4,6-7,9-12,16H,5,8,13,15H2,1H3,(H,28,33)(H3,27,29,30). The van der Waals surface area contributed by atoms with Gasteiger partial charge in [-0.3, -0.25) is 14.6 Å². The van der Waals surface area contributed by atoms with E-state index in [-0.39, 0.29) is 11.7 Å². The van der Waals surface area contributed by atoms with Crippen LogP contribution in [0.15, 0.2) is 60.8 Å². The molecule has 4 aromatic rings. The molecule has 166 valence electrons. The Morgan fingerprint density at radius 3 is 2.67 bits per heavy atom. The molecule has 4 rings (SSSR count). The fourth-order valence-corrected chi connectivity index (χ4v) is 3.63. The molecule has 4 N–H and O–H groups in total. The van der Waals surface area contributed by atoms with Gasteiger partial charge in [0.2, 0.25) is 0 Å². The molecular formula is C25H25N7O. The van der Waals surface area contributed by atoms with Crippen molar-refractivity contribution in [3.63, 3.8) is 0 Å². The van der Waals surface area contributed by atoms with Crippen LogP contribution in [0, 0.1) is 18.3 Å². The summed E-state index contributed by atoms with van der Waals surface area (Å²) in [4.78, 5) is 13.1. The first kappa shape index (κ1) is 21.8. The SMILES string of the molecule is Cc1ccc(-c2nn(Cc3ccccc3)cc2C(=O)NCCCc2[nH]nc(N)c2C#N)cc1. The summed E-state index contributed by atoms with van der Waals surface area (Å²) >= 11 is 0. The highest BCUT2D eigenvalue weighted by molar-refractivity contribution is 5.99. The van der Waals surface area contributed by atoms with Crippen molar-refractivity contribution in [1.29, 1.82) is 5.26 Å². The van der Waals surface area contributed by atoms with Crippen LogP contribution in [-0.2, 0) is 13.0 Å². The summed E-state index contributed by atoms with van der Waals surface area (Å²) in [6.45, 7) is 3.04. The largest absolute Gasteiger partial charge is 0.381 e. The normalized spacial score (nSPS) is 10.7. The quantitative estimate of drug-likeness (QED) is 0.363. The molecule has 0 fully saturated rings. The molecule has 0 unspecified atom stereocenters. The molecule has 0 bridgehead atoms. The number of H-pyrrole nitrogens is 1. The number of nitrogen functional groups attached to an aromatic ring is 1. The summed E-state index contributed by atoms with van der Waals surface area (Å²) in [6, 6.07) is 20.0. The third kappa shape index (κ3) is 5.10. The van der Waals surface area contributed by atoms with Crippen LogP contribution in [0.1, 0.15) is 39.2 Å². The van der Waals surface area contributed by atoms with Gasteiger partial charge in [-0.05, 0) is 25.3 Å². The van der Waals surface area contributed by atoms with Crippen LogP contribution in [0.3, 0.4) is 0 Å². The molecule has 2 aromatic carbocycles. The van der Waals surface area contributed by atoms with Crippen LogP contribution in [-0.4, -0.2) is 32.4 Å². The van der Waals surface area contributed by atoms with E-state index in [0.717, 1.165) is 16.7 Å². The van der Waals surface area contributed by atoms with Crippen LogP contribution in [0.25, 0.3) is 11.3 Å². The van der Waals surface area contributed by atoms with Gasteiger partial charge in [-0.15, -0.1) is 0 Å². The van der Waals surface area contributed by atoms with Gasteiger partial charge in [0.1, 0.15) is 17.3 Å². The van der Waals surface area contributed by atoms with E-state index in [1.165, 1.54) is 0 Å². The number of carbonyl (C=O) groups is 1. The van der Waals surface area contributed by atoms with Crippen molar-refractivity contribution in [3.8, 4) is 17.3 Å². The average Bonchev–Trinajstić information content (AvgIpc) is 3.41. The number of nitrogens with one attached hydrogen (secondary N) is 2. The van der Waals surface area contributed by atoms with Gasteiger partial charge in [-0.25, -0.2) is 0 Å². The summed E-state index contributed by atoms with van der Waals surface area (Å²) < 4.78 is 1.80. The summed E-state index contributed by atoms with van der Waals surface area (Å²) in [7, 11) is 0. The Labute approximate surface area is 192 Å². The number of rotatable bonds is 8. The summed E-state index contributed by atoms with van der Waals surface area (Å²) in [5, 5.41) is 23.5. The van der Waals surface area contributed by atoms with E-state index in [1.54, 1.807) is 10.9 Å². The van der Waals surface area contributed by atoms with Crippen LogP contribution in [0.2, 0.25) is 0 Å². The molecule has 0 atom stereocenters. The number of nitrogens with zero attached hydrogens (tertiary/aromatic N) is 4. The monoisotopic (exact) mass is 439 g/mol. The number of hydrogen-bond acceptors (Lipinski definition) is 5. The second kappa shape index (κ2) is 9.83. The molecular weight excluding hydrogens is 414 g/mol. The van der Waals surface area contributed by atoms with Crippen molar-refractivity contribution in [3.05, 3.63) is 88.7 Å². The Morgan fingerprint density at radius 1 is 1.18 bits per heavy atom. The number of nitrogens with two attached hydrogens (primary N) is 1. The predicted molar refractivity (Wildman–Crippen MR) is 126 cm³/mol. The number of hydrogen-bond donors (Lipinski definition) is 3. The van der Waals surface area contributed by atoms with Crippen molar-refractivity contribution in [2.45, 2.75) is 26.3 Å². The lowest BCUT2D eigenvalue weighted by Gasteiger charge is -2.06. The van der Waals surface area contributed by atoms with Gasteiger partial charge in [-0.2, -0.15) is 15.5 Å². The number of anilines is 1. The van der Waals surface area contributed by atoms with E-state index in [4.69, 9.17) is 10.8 Å². The van der Waals surface area contributed by atoms with Gasteiger partial charge in [0, 0.05) is 18.3 Å². The maximum Gasteiger partial charge on any atom is 0.255 e. The Morgan fingerprint density at radius 2 is 1.94 bits per heavy atom. The predicted octanol–water partition coefficient (Wildman–Crippen LogP) is 3.45. The molecule has 0 saturated heterocycles. The molecule has 0 aliphatic rings. The van der Waals surface area contributed by atoms with Gasteiger partial charge >= 0.3 is 0 Å². The maximum absolute atomic E-state index is 13.1. The Kier molecular flexibility index (Phi) is 6.51. The van der Waals surface area contributed by atoms with Crippen molar-refractivity contribution >= 4 is 11.7 Å². The molecule has 8 nitrogen and oxygen atoms in total. The van der Waals surface area contributed by atoms with Crippen molar-refractivity contribution < 1.29 is 4.79 Å². The van der Waals surface area contributed by atoms with Crippen molar-refractivity contribution in [1.82, 2.24) is 25.3 Å². The number of nitriles is 1. The fourth-order valence-electron chi connectivity index (χ4n) is 3.63. The molecule has 0 spiro atoms. The molecule has 0 saturated carbocycles. The first-order valence-electron chi connectivity index (χ1n) is 10.7. The number of carbonyl (C=O) groups excluding carboxylic acids is 1. The molecule has 0 aliphatic carbocycles. The number of amides is 1. The Bertz CT molecular complexity index is 1280. The van der Waals surface area contributed by atoms with Crippen LogP contribution >= 0.6 is 0 Å². The van der Waals surface area contributed by atoms with Crippen LogP contribution in [0.5, 0.6) is 0 Å². The van der Waals surface area contributed by atoms with Gasteiger partial charge in [-0.1, -0.05) is 60.2 Å². The lowest BCUT2D eigenvalue weighted by Crippen LogP contribution is -2.25. The van der Waals surface area contributed by atoms with E-state index < -0.39 is 0 Å². The zero-order valence-electron chi connectivity index (χ0n) is 18.4. The van der Waals surface area contributed by atoms with E-state index in [1.807, 2.05) is 61.5 Å². The topological polar surface area (TPSA) is 125 Å². The second-order valence-electron chi connectivity index (χ2n) is 7.87. The fraction of sp³-hybridized carbons (Fsp3) is 0.200. The molecule has 33 heavy (non-hydrogen) atoms. The molecule has 1 amide bonds. The van der Waals surface area contributed by atoms with Crippen molar-refractivity contribution in [2.75, 3.05) is 12.3 Å². The number of benzene rings is 2. The molecule has 8 heteroatoms. The van der Waals surface area contributed by atoms with E-state index in [9.17, 15) is 10.1 Å². The zero-order chi connectivity index (χ0) is 23.2. The summed E-state index contributed by atoms with van der Waals surface area (Å²) in [6.07, 6.45) is 2.99. The Hall–Kier alpha value is -4.38. The highest BCUT2D eigenvalue weighted by atomic mass is 16.1. The van der Waals surface area contributed by atoms with Crippen molar-refractivity contribution in [2.24, 2.45) is 0 Å². The van der Waals surface area contributed by atoms with Crippen LogP contribution in [0.4, 0.5) is 5.82 Å². The van der Waals surface area contributed by atoms with Gasteiger partial charge < -0.3 is 11.1 Å². The number of aryl methyl sites for hydroxylation is 2. The summed E-state index contributed by atoms with van der Waals surface area (Å²) in [5.74, 6) is 0.0135. The minimum Gasteiger partial charge on any atom is -0.381 e. The smallest absolute Gasteiger partial charge is 0.255 e. The average molecular weight is 440 g/mol. The maximum atomic E-state index is 13.1. The van der Waals surface area contributed by atoms with Gasteiger partial charge in [0.25, 0.3) is 5.91 Å². The second-order valence-corrected chi connectivity index (χ2v) is 7.87. The molecule has 2 aromatic heterocycles. The minimum atomic E-state index is -0.186.